The number of methoxy groups -OCH3 is 1. The molecule has 0 aliphatic heterocycles. The van der Waals surface area contributed by atoms with Gasteiger partial charge in [0, 0.05) is 23.6 Å². The average Bonchev–Trinajstić information content (AvgIpc) is 2.81. The van der Waals surface area contributed by atoms with Gasteiger partial charge in [-0.25, -0.2) is 9.78 Å². The number of hydrogen-bond donors (Lipinski definition) is 2. The molecule has 0 bridgehead atoms. The predicted octanol–water partition coefficient (Wildman–Crippen LogP) is 1.45. The van der Waals surface area contributed by atoms with Gasteiger partial charge in [0.25, 0.3) is 0 Å². The number of ether oxygens (including phenoxy) is 1. The maximum atomic E-state index is 11.3. The summed E-state index contributed by atoms with van der Waals surface area (Å²) in [4.78, 5) is 18.3. The number of esters is 1. The van der Waals surface area contributed by atoms with Gasteiger partial charge < -0.3 is 15.5 Å². The molecule has 5 heteroatoms. The lowest BCUT2D eigenvalue weighted by atomic mass is 10.1. The standard InChI is InChI=1S/C11H11N3O2/c1-16-11(15)7-2-3-8(9(12)6-7)10-13-4-5-14-10/h2-6H,12H2,1H3,(H,13,14). The maximum Gasteiger partial charge on any atom is 0.337 e. The normalized spacial score (nSPS) is 10.1. The third-order valence-corrected chi connectivity index (χ3v) is 2.23. The molecule has 0 saturated carbocycles. The lowest BCUT2D eigenvalue weighted by Gasteiger charge is -2.05. The largest absolute Gasteiger partial charge is 0.465 e. The summed E-state index contributed by atoms with van der Waals surface area (Å²) in [5.74, 6) is 0.270. The first-order valence-corrected chi connectivity index (χ1v) is 4.70. The number of nitrogens with zero attached hydrogens (tertiary/aromatic N) is 1. The van der Waals surface area contributed by atoms with Gasteiger partial charge >= 0.3 is 5.97 Å². The van der Waals surface area contributed by atoms with Crippen molar-refractivity contribution >= 4 is 11.7 Å². The fraction of sp³-hybridized carbons (Fsp3) is 0.0909. The SMILES string of the molecule is COC(=O)c1ccc(-c2ncc[nH]2)c(N)c1. The van der Waals surface area contributed by atoms with Crippen molar-refractivity contribution in [3.63, 3.8) is 0 Å². The number of carbonyl (C=O) groups excluding carboxylic acids is 1. The summed E-state index contributed by atoms with van der Waals surface area (Å²) < 4.78 is 4.60. The minimum absolute atomic E-state index is 0.405. The Kier molecular flexibility index (Phi) is 2.59. The molecule has 0 unspecified atom stereocenters. The minimum atomic E-state index is -0.405. The molecule has 5 nitrogen and oxygen atoms in total. The fourth-order valence-corrected chi connectivity index (χ4v) is 1.44. The van der Waals surface area contributed by atoms with Gasteiger partial charge in [0.15, 0.2) is 0 Å². The van der Waals surface area contributed by atoms with Gasteiger partial charge in [-0.3, -0.25) is 0 Å². The molecule has 1 aromatic carbocycles. The van der Waals surface area contributed by atoms with Crippen LogP contribution in [0.3, 0.4) is 0 Å². The van der Waals surface area contributed by atoms with Gasteiger partial charge in [-0.1, -0.05) is 0 Å². The van der Waals surface area contributed by atoms with E-state index in [0.717, 1.165) is 5.56 Å². The zero-order valence-electron chi connectivity index (χ0n) is 8.73. The third-order valence-electron chi connectivity index (χ3n) is 2.23. The van der Waals surface area contributed by atoms with Gasteiger partial charge in [0.05, 0.1) is 12.7 Å². The van der Waals surface area contributed by atoms with Crippen LogP contribution < -0.4 is 5.73 Å². The van der Waals surface area contributed by atoms with E-state index < -0.39 is 5.97 Å². The van der Waals surface area contributed by atoms with E-state index in [1.54, 1.807) is 30.6 Å². The Balaban J connectivity index is 2.41. The lowest BCUT2D eigenvalue weighted by Crippen LogP contribution is -2.02. The Bertz CT molecular complexity index is 506. The summed E-state index contributed by atoms with van der Waals surface area (Å²) in [7, 11) is 1.33. The Morgan fingerprint density at radius 1 is 1.50 bits per heavy atom. The molecule has 2 aromatic rings. The summed E-state index contributed by atoms with van der Waals surface area (Å²) in [5, 5.41) is 0. The van der Waals surface area contributed by atoms with Crippen LogP contribution >= 0.6 is 0 Å². The van der Waals surface area contributed by atoms with E-state index in [1.807, 2.05) is 0 Å². The molecule has 3 N–H and O–H groups in total. The first kappa shape index (κ1) is 10.2. The highest BCUT2D eigenvalue weighted by atomic mass is 16.5. The molecule has 0 aliphatic rings. The molecular formula is C11H11N3O2. The Labute approximate surface area is 92.3 Å². The summed E-state index contributed by atoms with van der Waals surface area (Å²) in [6.07, 6.45) is 3.35. The van der Waals surface area contributed by atoms with Crippen molar-refractivity contribution in [1.82, 2.24) is 9.97 Å². The van der Waals surface area contributed by atoms with E-state index >= 15 is 0 Å². The van der Waals surface area contributed by atoms with Gasteiger partial charge in [-0.15, -0.1) is 0 Å². The highest BCUT2D eigenvalue weighted by Crippen LogP contribution is 2.23. The van der Waals surface area contributed by atoms with E-state index in [9.17, 15) is 4.79 Å². The van der Waals surface area contributed by atoms with Crippen LogP contribution in [0.5, 0.6) is 0 Å². The van der Waals surface area contributed by atoms with Crippen LogP contribution in [0.1, 0.15) is 10.4 Å². The summed E-state index contributed by atoms with van der Waals surface area (Å²) >= 11 is 0. The average molecular weight is 217 g/mol. The molecule has 1 aromatic heterocycles. The van der Waals surface area contributed by atoms with Crippen molar-refractivity contribution in [2.45, 2.75) is 0 Å². The molecule has 1 heterocycles. The number of aromatic nitrogens is 2. The quantitative estimate of drug-likeness (QED) is 0.589. The third kappa shape index (κ3) is 1.75. The molecule has 16 heavy (non-hydrogen) atoms. The van der Waals surface area contributed by atoms with E-state index in [0.29, 0.717) is 17.1 Å². The van der Waals surface area contributed by atoms with Gasteiger partial charge in [0.1, 0.15) is 5.82 Å². The lowest BCUT2D eigenvalue weighted by molar-refractivity contribution is 0.0601. The number of imidazole rings is 1. The van der Waals surface area contributed by atoms with Gasteiger partial charge in [0.2, 0.25) is 0 Å². The number of benzene rings is 1. The number of H-pyrrole nitrogens is 1. The van der Waals surface area contributed by atoms with Crippen molar-refractivity contribution in [2.24, 2.45) is 0 Å². The fourth-order valence-electron chi connectivity index (χ4n) is 1.44. The van der Waals surface area contributed by atoms with Crippen molar-refractivity contribution < 1.29 is 9.53 Å². The second kappa shape index (κ2) is 4.06. The van der Waals surface area contributed by atoms with Crippen LogP contribution in [0.25, 0.3) is 11.4 Å². The smallest absolute Gasteiger partial charge is 0.337 e. The van der Waals surface area contributed by atoms with Crippen molar-refractivity contribution in [2.75, 3.05) is 12.8 Å². The van der Waals surface area contributed by atoms with Crippen molar-refractivity contribution in [1.29, 1.82) is 0 Å². The minimum Gasteiger partial charge on any atom is -0.465 e. The summed E-state index contributed by atoms with van der Waals surface area (Å²) in [6, 6.07) is 4.96. The van der Waals surface area contributed by atoms with Crippen LogP contribution in [-0.2, 0) is 4.74 Å². The number of nitrogens with two attached hydrogens (primary N) is 1. The van der Waals surface area contributed by atoms with E-state index in [-0.39, 0.29) is 0 Å². The zero-order valence-corrected chi connectivity index (χ0v) is 8.73. The predicted molar refractivity (Wildman–Crippen MR) is 59.8 cm³/mol. The number of hydrogen-bond acceptors (Lipinski definition) is 4. The molecule has 82 valence electrons. The Morgan fingerprint density at radius 3 is 2.88 bits per heavy atom. The first-order chi connectivity index (χ1) is 7.72. The molecule has 0 atom stereocenters. The molecule has 0 aliphatic carbocycles. The zero-order chi connectivity index (χ0) is 11.5. The molecule has 0 amide bonds. The van der Waals surface area contributed by atoms with E-state index in [2.05, 4.69) is 14.7 Å². The molecule has 0 spiro atoms. The number of carbonyl (C=O) groups is 1. The molecule has 0 saturated heterocycles. The van der Waals surface area contributed by atoms with Crippen LogP contribution in [0.15, 0.2) is 30.6 Å². The number of aromatic amines is 1. The molecule has 0 fully saturated rings. The number of anilines is 1. The summed E-state index contributed by atoms with van der Waals surface area (Å²) in [6.45, 7) is 0. The van der Waals surface area contributed by atoms with Gasteiger partial charge in [-0.05, 0) is 18.2 Å². The van der Waals surface area contributed by atoms with Crippen molar-refractivity contribution in [3.8, 4) is 11.4 Å². The highest BCUT2D eigenvalue weighted by Gasteiger charge is 2.10. The molecule has 0 radical (unpaired) electrons. The topological polar surface area (TPSA) is 81.0 Å². The van der Waals surface area contributed by atoms with Crippen LogP contribution in [0.2, 0.25) is 0 Å². The number of nitrogen functional groups attached to an aromatic ring is 1. The monoisotopic (exact) mass is 217 g/mol. The summed E-state index contributed by atoms with van der Waals surface area (Å²) in [5.41, 5.74) is 7.51. The second-order valence-corrected chi connectivity index (χ2v) is 3.23. The van der Waals surface area contributed by atoms with E-state index in [4.69, 9.17) is 5.73 Å². The second-order valence-electron chi connectivity index (χ2n) is 3.23. The van der Waals surface area contributed by atoms with E-state index in [1.165, 1.54) is 7.11 Å². The van der Waals surface area contributed by atoms with Crippen LogP contribution in [-0.4, -0.2) is 23.0 Å². The van der Waals surface area contributed by atoms with Gasteiger partial charge in [-0.2, -0.15) is 0 Å². The van der Waals surface area contributed by atoms with Crippen molar-refractivity contribution in [3.05, 3.63) is 36.2 Å². The Morgan fingerprint density at radius 2 is 2.31 bits per heavy atom. The molecular weight excluding hydrogens is 206 g/mol. The first-order valence-electron chi connectivity index (χ1n) is 4.70. The van der Waals surface area contributed by atoms with Crippen LogP contribution in [0.4, 0.5) is 5.69 Å². The number of nitrogens with one attached hydrogen (secondary N) is 1. The Hall–Kier alpha value is -2.30. The maximum absolute atomic E-state index is 11.3. The van der Waals surface area contributed by atoms with Crippen LogP contribution in [0, 0.1) is 0 Å². The number of rotatable bonds is 2. The highest BCUT2D eigenvalue weighted by molar-refractivity contribution is 5.92. The molecule has 2 rings (SSSR count).